The maximum Gasteiger partial charge on any atom is 0.222 e. The van der Waals surface area contributed by atoms with Crippen molar-refractivity contribution in [3.05, 3.63) is 0 Å². The van der Waals surface area contributed by atoms with Gasteiger partial charge in [-0.1, -0.05) is 13.8 Å². The molecule has 1 fully saturated rings. The first-order valence-electron chi connectivity index (χ1n) is 5.60. The average molecular weight is 234 g/mol. The molecule has 1 N–H and O–H groups in total. The first-order valence-corrected chi connectivity index (χ1v) is 6.14. The second-order valence-corrected chi connectivity index (χ2v) is 4.72. The van der Waals surface area contributed by atoms with E-state index in [1.54, 1.807) is 0 Å². The fourth-order valence-electron chi connectivity index (χ4n) is 1.66. The number of hydrogen-bond donors (Lipinski definition) is 1. The highest BCUT2D eigenvalue weighted by Gasteiger charge is 2.21. The summed E-state index contributed by atoms with van der Waals surface area (Å²) in [6, 6.07) is 0.0700. The fourth-order valence-corrected chi connectivity index (χ4v) is 2.09. The fraction of sp³-hybridized carbons (Fsp3) is 0.909. The lowest BCUT2D eigenvalue weighted by Gasteiger charge is -2.20. The lowest BCUT2D eigenvalue weighted by atomic mass is 10.1. The van der Waals surface area contributed by atoms with Crippen LogP contribution in [0.1, 0.15) is 33.1 Å². The van der Waals surface area contributed by atoms with Gasteiger partial charge in [-0.15, -0.1) is 11.6 Å². The van der Waals surface area contributed by atoms with Gasteiger partial charge in [0.2, 0.25) is 5.91 Å². The van der Waals surface area contributed by atoms with Crippen molar-refractivity contribution in [2.45, 2.75) is 45.3 Å². The first-order chi connectivity index (χ1) is 7.13. The molecule has 1 saturated heterocycles. The third-order valence-electron chi connectivity index (χ3n) is 2.75. The smallest absolute Gasteiger partial charge is 0.222 e. The number of amides is 1. The minimum atomic E-state index is 0.0567. The highest BCUT2D eigenvalue weighted by atomic mass is 35.5. The van der Waals surface area contributed by atoms with E-state index in [9.17, 15) is 4.79 Å². The summed E-state index contributed by atoms with van der Waals surface area (Å²) >= 11 is 5.78. The standard InChI is InChI=1S/C11H20ClNO2/c1-8(2)10(7-12)13-11(14)6-9-4-3-5-15-9/h8-10H,3-7H2,1-2H3,(H,13,14). The summed E-state index contributed by atoms with van der Waals surface area (Å²) in [6.07, 6.45) is 2.66. The van der Waals surface area contributed by atoms with Crippen molar-refractivity contribution < 1.29 is 9.53 Å². The van der Waals surface area contributed by atoms with Gasteiger partial charge in [0.15, 0.2) is 0 Å². The van der Waals surface area contributed by atoms with E-state index in [4.69, 9.17) is 16.3 Å². The summed E-state index contributed by atoms with van der Waals surface area (Å²) < 4.78 is 5.41. The number of rotatable bonds is 5. The van der Waals surface area contributed by atoms with Gasteiger partial charge in [0.1, 0.15) is 0 Å². The Kier molecular flexibility index (Phi) is 5.40. The molecule has 1 amide bonds. The Morgan fingerprint density at radius 1 is 1.60 bits per heavy atom. The second kappa shape index (κ2) is 6.33. The monoisotopic (exact) mass is 233 g/mol. The topological polar surface area (TPSA) is 38.3 Å². The van der Waals surface area contributed by atoms with Crippen LogP contribution in [0.25, 0.3) is 0 Å². The number of halogens is 1. The zero-order chi connectivity index (χ0) is 11.3. The van der Waals surface area contributed by atoms with Crippen LogP contribution in [-0.2, 0) is 9.53 Å². The third kappa shape index (κ3) is 4.39. The van der Waals surface area contributed by atoms with Gasteiger partial charge in [0.05, 0.1) is 12.5 Å². The van der Waals surface area contributed by atoms with Crippen molar-refractivity contribution in [1.82, 2.24) is 5.32 Å². The van der Waals surface area contributed by atoms with Gasteiger partial charge in [-0.2, -0.15) is 0 Å². The van der Waals surface area contributed by atoms with Gasteiger partial charge in [0.25, 0.3) is 0 Å². The molecule has 0 bridgehead atoms. The molecule has 1 rings (SSSR count). The SMILES string of the molecule is CC(C)C(CCl)NC(=O)CC1CCCO1. The highest BCUT2D eigenvalue weighted by molar-refractivity contribution is 6.18. The van der Waals surface area contributed by atoms with Gasteiger partial charge in [0, 0.05) is 18.5 Å². The van der Waals surface area contributed by atoms with Crippen LogP contribution >= 0.6 is 11.6 Å². The van der Waals surface area contributed by atoms with E-state index in [1.807, 2.05) is 0 Å². The number of nitrogens with one attached hydrogen (secondary N) is 1. The van der Waals surface area contributed by atoms with E-state index in [2.05, 4.69) is 19.2 Å². The highest BCUT2D eigenvalue weighted by Crippen LogP contribution is 2.15. The van der Waals surface area contributed by atoms with Crippen molar-refractivity contribution in [3.8, 4) is 0 Å². The van der Waals surface area contributed by atoms with Gasteiger partial charge in [-0.3, -0.25) is 4.79 Å². The molecule has 2 atom stereocenters. The minimum absolute atomic E-state index is 0.0567. The molecule has 1 aliphatic rings. The second-order valence-electron chi connectivity index (χ2n) is 4.41. The van der Waals surface area contributed by atoms with E-state index in [-0.39, 0.29) is 18.1 Å². The molecule has 1 aliphatic heterocycles. The van der Waals surface area contributed by atoms with Crippen molar-refractivity contribution in [1.29, 1.82) is 0 Å². The molecule has 15 heavy (non-hydrogen) atoms. The number of ether oxygens (including phenoxy) is 1. The van der Waals surface area contributed by atoms with Crippen LogP contribution in [0, 0.1) is 5.92 Å². The lowest BCUT2D eigenvalue weighted by Crippen LogP contribution is -2.41. The van der Waals surface area contributed by atoms with Crippen LogP contribution in [0.5, 0.6) is 0 Å². The average Bonchev–Trinajstić information content (AvgIpc) is 2.66. The van der Waals surface area contributed by atoms with E-state index in [0.717, 1.165) is 19.4 Å². The predicted molar refractivity (Wildman–Crippen MR) is 61.1 cm³/mol. The molecular formula is C11H20ClNO2. The van der Waals surface area contributed by atoms with Crippen LogP contribution in [0.4, 0.5) is 0 Å². The molecule has 0 aromatic heterocycles. The Bertz CT molecular complexity index is 203. The lowest BCUT2D eigenvalue weighted by molar-refractivity contribution is -0.124. The third-order valence-corrected chi connectivity index (χ3v) is 3.09. The summed E-state index contributed by atoms with van der Waals surface area (Å²) in [6.45, 7) is 4.90. The van der Waals surface area contributed by atoms with E-state index in [0.29, 0.717) is 18.2 Å². The summed E-state index contributed by atoms with van der Waals surface area (Å²) in [5.74, 6) is 0.895. The van der Waals surface area contributed by atoms with Crippen molar-refractivity contribution in [3.63, 3.8) is 0 Å². The molecule has 0 aromatic rings. The molecule has 3 nitrogen and oxygen atoms in total. The molecule has 4 heteroatoms. The molecular weight excluding hydrogens is 214 g/mol. The van der Waals surface area contributed by atoms with Gasteiger partial charge >= 0.3 is 0 Å². The quantitative estimate of drug-likeness (QED) is 0.737. The van der Waals surface area contributed by atoms with Crippen molar-refractivity contribution in [2.75, 3.05) is 12.5 Å². The van der Waals surface area contributed by atoms with Crippen molar-refractivity contribution in [2.24, 2.45) is 5.92 Å². The Morgan fingerprint density at radius 2 is 2.33 bits per heavy atom. The van der Waals surface area contributed by atoms with Gasteiger partial charge in [-0.05, 0) is 18.8 Å². The Balaban J connectivity index is 2.27. The van der Waals surface area contributed by atoms with E-state index >= 15 is 0 Å². The maximum atomic E-state index is 11.6. The molecule has 2 unspecified atom stereocenters. The molecule has 88 valence electrons. The Labute approximate surface area is 96.5 Å². The Hall–Kier alpha value is -0.280. The summed E-state index contributed by atoms with van der Waals surface area (Å²) in [5.41, 5.74) is 0. The van der Waals surface area contributed by atoms with Gasteiger partial charge < -0.3 is 10.1 Å². The number of hydrogen-bond acceptors (Lipinski definition) is 2. The molecule has 0 radical (unpaired) electrons. The molecule has 0 aromatic carbocycles. The summed E-state index contributed by atoms with van der Waals surface area (Å²) in [5, 5.41) is 2.94. The zero-order valence-corrected chi connectivity index (χ0v) is 10.2. The summed E-state index contributed by atoms with van der Waals surface area (Å²) in [4.78, 5) is 11.6. The Morgan fingerprint density at radius 3 is 2.80 bits per heavy atom. The van der Waals surface area contributed by atoms with E-state index in [1.165, 1.54) is 0 Å². The zero-order valence-electron chi connectivity index (χ0n) is 9.46. The number of carbonyl (C=O) groups excluding carboxylic acids is 1. The summed E-state index contributed by atoms with van der Waals surface area (Å²) in [7, 11) is 0. The van der Waals surface area contributed by atoms with Crippen molar-refractivity contribution >= 4 is 17.5 Å². The molecule has 0 saturated carbocycles. The molecule has 0 aliphatic carbocycles. The van der Waals surface area contributed by atoms with Crippen LogP contribution in [0.2, 0.25) is 0 Å². The van der Waals surface area contributed by atoms with Crippen LogP contribution in [-0.4, -0.2) is 30.5 Å². The molecule has 1 heterocycles. The van der Waals surface area contributed by atoms with E-state index < -0.39 is 0 Å². The number of alkyl halides is 1. The maximum absolute atomic E-state index is 11.6. The van der Waals surface area contributed by atoms with Crippen LogP contribution in [0.3, 0.4) is 0 Å². The van der Waals surface area contributed by atoms with Crippen LogP contribution < -0.4 is 5.32 Å². The first kappa shape index (κ1) is 12.8. The minimum Gasteiger partial charge on any atom is -0.378 e. The number of carbonyl (C=O) groups is 1. The van der Waals surface area contributed by atoms with Crippen LogP contribution in [0.15, 0.2) is 0 Å². The molecule has 0 spiro atoms. The van der Waals surface area contributed by atoms with Gasteiger partial charge in [-0.25, -0.2) is 0 Å². The largest absolute Gasteiger partial charge is 0.378 e. The predicted octanol–water partition coefficient (Wildman–Crippen LogP) is 1.94. The normalized spacial score (nSPS) is 23.1.